The van der Waals surface area contributed by atoms with E-state index < -0.39 is 0 Å². The van der Waals surface area contributed by atoms with Crippen LogP contribution in [-0.4, -0.2) is 12.5 Å². The Bertz CT molecular complexity index is 837. The van der Waals surface area contributed by atoms with Crippen molar-refractivity contribution in [2.75, 3.05) is 11.4 Å². The Kier molecular flexibility index (Phi) is 5.37. The fourth-order valence-electron chi connectivity index (χ4n) is 2.91. The maximum absolute atomic E-state index is 12.8. The smallest absolute Gasteiger partial charge is 0.270 e. The van der Waals surface area contributed by atoms with Crippen molar-refractivity contribution in [1.29, 1.82) is 5.26 Å². The van der Waals surface area contributed by atoms with Gasteiger partial charge in [-0.25, -0.2) is 0 Å². The van der Waals surface area contributed by atoms with Gasteiger partial charge in [-0.3, -0.25) is 4.79 Å². The molecule has 5 heteroatoms. The van der Waals surface area contributed by atoms with E-state index >= 15 is 0 Å². The molecule has 1 heterocycles. The molecule has 1 aliphatic rings. The van der Waals surface area contributed by atoms with Crippen molar-refractivity contribution in [1.82, 2.24) is 5.32 Å². The molecule has 126 valence electrons. The normalized spacial score (nSPS) is 13.8. The van der Waals surface area contributed by atoms with Crippen molar-refractivity contribution in [2.45, 2.75) is 19.4 Å². The lowest BCUT2D eigenvalue weighted by Crippen LogP contribution is -2.36. The molecule has 0 atom stereocenters. The summed E-state index contributed by atoms with van der Waals surface area (Å²) in [5.74, 6) is -0.266. The quantitative estimate of drug-likeness (QED) is 0.673. The Balaban J connectivity index is 1.71. The zero-order valence-electron chi connectivity index (χ0n) is 13.7. The number of fused-ring (bicyclic) bond motifs is 1. The summed E-state index contributed by atoms with van der Waals surface area (Å²) in [5, 5.41) is 13.1. The molecule has 1 aliphatic heterocycles. The lowest BCUT2D eigenvalue weighted by Gasteiger charge is -2.29. The third-order valence-corrected chi connectivity index (χ3v) is 4.42. The Morgan fingerprint density at radius 3 is 2.76 bits per heavy atom. The summed E-state index contributed by atoms with van der Waals surface area (Å²) in [6.07, 6.45) is 3.36. The van der Waals surface area contributed by atoms with Crippen LogP contribution in [0.15, 0.2) is 60.3 Å². The van der Waals surface area contributed by atoms with Crippen LogP contribution in [0.4, 0.5) is 5.69 Å². The Morgan fingerprint density at radius 1 is 1.24 bits per heavy atom. The van der Waals surface area contributed by atoms with E-state index in [4.69, 9.17) is 11.6 Å². The molecule has 1 amide bonds. The van der Waals surface area contributed by atoms with Crippen molar-refractivity contribution in [2.24, 2.45) is 0 Å². The number of aryl methyl sites for hydroxylation is 1. The Labute approximate surface area is 152 Å². The van der Waals surface area contributed by atoms with Crippen LogP contribution in [0.5, 0.6) is 0 Å². The number of hydrogen-bond donors (Lipinski definition) is 1. The molecule has 3 rings (SSSR count). The second kappa shape index (κ2) is 7.87. The van der Waals surface area contributed by atoms with Crippen LogP contribution in [-0.2, 0) is 17.8 Å². The van der Waals surface area contributed by atoms with Crippen molar-refractivity contribution < 1.29 is 4.79 Å². The van der Waals surface area contributed by atoms with Gasteiger partial charge in [-0.05, 0) is 42.2 Å². The van der Waals surface area contributed by atoms with Gasteiger partial charge in [0.1, 0.15) is 11.6 Å². The van der Waals surface area contributed by atoms with Crippen LogP contribution in [0, 0.1) is 11.3 Å². The lowest BCUT2D eigenvalue weighted by molar-refractivity contribution is -0.114. The number of rotatable bonds is 4. The highest BCUT2D eigenvalue weighted by Gasteiger charge is 2.24. The van der Waals surface area contributed by atoms with E-state index in [9.17, 15) is 10.1 Å². The number of amides is 1. The summed E-state index contributed by atoms with van der Waals surface area (Å²) in [7, 11) is 0. The van der Waals surface area contributed by atoms with Crippen molar-refractivity contribution in [3.63, 3.8) is 0 Å². The molecule has 0 aliphatic carbocycles. The molecule has 4 nitrogen and oxygen atoms in total. The van der Waals surface area contributed by atoms with Crippen LogP contribution >= 0.6 is 11.6 Å². The van der Waals surface area contributed by atoms with Gasteiger partial charge >= 0.3 is 0 Å². The number of carbonyl (C=O) groups excluding carboxylic acids is 1. The molecule has 0 unspecified atom stereocenters. The number of benzene rings is 2. The highest BCUT2D eigenvalue weighted by Crippen LogP contribution is 2.27. The lowest BCUT2D eigenvalue weighted by atomic mass is 10.0. The van der Waals surface area contributed by atoms with Crippen molar-refractivity contribution in [3.8, 4) is 6.07 Å². The number of carbonyl (C=O) groups is 1. The third-order valence-electron chi connectivity index (χ3n) is 4.17. The zero-order chi connectivity index (χ0) is 17.6. The van der Waals surface area contributed by atoms with Gasteiger partial charge in [0.15, 0.2) is 0 Å². The molecule has 0 fully saturated rings. The van der Waals surface area contributed by atoms with Gasteiger partial charge in [0, 0.05) is 30.0 Å². The number of anilines is 1. The van der Waals surface area contributed by atoms with Gasteiger partial charge in [-0.2, -0.15) is 5.26 Å². The summed E-state index contributed by atoms with van der Waals surface area (Å²) in [6.45, 7) is 1.15. The fourth-order valence-corrected chi connectivity index (χ4v) is 3.03. The van der Waals surface area contributed by atoms with E-state index in [-0.39, 0.29) is 11.5 Å². The number of halogens is 1. The fraction of sp³-hybridized carbons (Fsp3) is 0.200. The molecule has 0 spiro atoms. The van der Waals surface area contributed by atoms with E-state index in [0.29, 0.717) is 18.1 Å². The van der Waals surface area contributed by atoms with Gasteiger partial charge in [-0.15, -0.1) is 0 Å². The van der Waals surface area contributed by atoms with Gasteiger partial charge in [0.2, 0.25) is 0 Å². The zero-order valence-corrected chi connectivity index (χ0v) is 14.5. The standard InChI is InChI=1S/C20H18ClN3O/c21-18-9-7-15(8-10-18)13-23-14-17(12-22)20(25)24-11-3-5-16-4-1-2-6-19(16)24/h1-2,4,6-10,14,23H,3,5,11,13H2/b17-14-. The second-order valence-corrected chi connectivity index (χ2v) is 6.30. The molecule has 1 N–H and O–H groups in total. The highest BCUT2D eigenvalue weighted by molar-refractivity contribution is 6.30. The molecule has 0 radical (unpaired) electrons. The summed E-state index contributed by atoms with van der Waals surface area (Å²) >= 11 is 5.86. The summed E-state index contributed by atoms with van der Waals surface area (Å²) in [4.78, 5) is 14.4. The van der Waals surface area contributed by atoms with Gasteiger partial charge in [-0.1, -0.05) is 41.9 Å². The molecule has 2 aromatic carbocycles. The van der Waals surface area contributed by atoms with E-state index in [0.717, 1.165) is 29.7 Å². The predicted molar refractivity (Wildman–Crippen MR) is 99.1 cm³/mol. The Morgan fingerprint density at radius 2 is 2.00 bits per heavy atom. The molecule has 0 bridgehead atoms. The molecular formula is C20H18ClN3O. The average Bonchev–Trinajstić information content (AvgIpc) is 2.66. The van der Waals surface area contributed by atoms with Crippen LogP contribution in [0.25, 0.3) is 0 Å². The molecule has 0 saturated carbocycles. The minimum absolute atomic E-state index is 0.102. The number of hydrogen-bond acceptors (Lipinski definition) is 3. The molecule has 2 aromatic rings. The van der Waals surface area contributed by atoms with E-state index in [1.807, 2.05) is 54.6 Å². The molecule has 0 saturated heterocycles. The summed E-state index contributed by atoms with van der Waals surface area (Å²) < 4.78 is 0. The van der Waals surface area contributed by atoms with Gasteiger partial charge in [0.25, 0.3) is 5.91 Å². The maximum atomic E-state index is 12.8. The van der Waals surface area contributed by atoms with Crippen molar-refractivity contribution in [3.05, 3.63) is 76.5 Å². The summed E-state index contributed by atoms with van der Waals surface area (Å²) in [6, 6.07) is 17.3. The minimum Gasteiger partial charge on any atom is -0.386 e. The molecule has 0 aromatic heterocycles. The average molecular weight is 352 g/mol. The topological polar surface area (TPSA) is 56.1 Å². The predicted octanol–water partition coefficient (Wildman–Crippen LogP) is 3.82. The SMILES string of the molecule is N#C/C(=C/NCc1ccc(Cl)cc1)C(=O)N1CCCc2ccccc21. The van der Waals surface area contributed by atoms with Gasteiger partial charge < -0.3 is 10.2 Å². The summed E-state index contributed by atoms with van der Waals surface area (Å²) in [5.41, 5.74) is 3.17. The van der Waals surface area contributed by atoms with E-state index in [1.54, 1.807) is 4.90 Å². The number of para-hydroxylation sites is 1. The van der Waals surface area contributed by atoms with Gasteiger partial charge in [0.05, 0.1) is 0 Å². The third kappa shape index (κ3) is 4.01. The maximum Gasteiger partial charge on any atom is 0.270 e. The highest BCUT2D eigenvalue weighted by atomic mass is 35.5. The largest absolute Gasteiger partial charge is 0.386 e. The first-order valence-corrected chi connectivity index (χ1v) is 8.54. The van der Waals surface area contributed by atoms with Crippen molar-refractivity contribution >= 4 is 23.2 Å². The molecular weight excluding hydrogens is 334 g/mol. The monoisotopic (exact) mass is 351 g/mol. The second-order valence-electron chi connectivity index (χ2n) is 5.87. The van der Waals surface area contributed by atoms with Crippen LogP contribution < -0.4 is 10.2 Å². The van der Waals surface area contributed by atoms with Crippen LogP contribution in [0.2, 0.25) is 5.02 Å². The van der Waals surface area contributed by atoms with Crippen LogP contribution in [0.3, 0.4) is 0 Å². The van der Waals surface area contributed by atoms with E-state index in [2.05, 4.69) is 5.32 Å². The Hall–Kier alpha value is -2.77. The molecule has 25 heavy (non-hydrogen) atoms. The minimum atomic E-state index is -0.266. The number of nitrogens with zero attached hydrogens (tertiary/aromatic N) is 2. The van der Waals surface area contributed by atoms with E-state index in [1.165, 1.54) is 6.20 Å². The first-order chi connectivity index (χ1) is 12.2. The first kappa shape index (κ1) is 17.1. The first-order valence-electron chi connectivity index (χ1n) is 8.17. The van der Waals surface area contributed by atoms with Crippen LogP contribution in [0.1, 0.15) is 17.5 Å². The number of nitriles is 1. The number of nitrogens with one attached hydrogen (secondary N) is 1.